The van der Waals surface area contributed by atoms with Crippen LogP contribution in [0.1, 0.15) is 29.7 Å². The number of nitrogens with zero attached hydrogens (tertiary/aromatic N) is 1. The molecule has 3 aromatic rings. The van der Waals surface area contributed by atoms with Crippen molar-refractivity contribution in [1.82, 2.24) is 10.3 Å². The van der Waals surface area contributed by atoms with Crippen molar-refractivity contribution in [3.05, 3.63) is 95.7 Å². The summed E-state index contributed by atoms with van der Waals surface area (Å²) in [6.45, 7) is 3.96. The van der Waals surface area contributed by atoms with Crippen molar-refractivity contribution < 1.29 is 9.53 Å². The molecule has 27 heavy (non-hydrogen) atoms. The van der Waals surface area contributed by atoms with Crippen molar-refractivity contribution in [2.24, 2.45) is 0 Å². The molecular weight excluding hydrogens is 336 g/mol. The Bertz CT molecular complexity index is 936. The number of hydrogen-bond donors (Lipinski definition) is 1. The molecule has 1 heterocycles. The summed E-state index contributed by atoms with van der Waals surface area (Å²) in [5.41, 5.74) is 3.13. The summed E-state index contributed by atoms with van der Waals surface area (Å²) < 4.78 is 5.75. The lowest BCUT2D eigenvalue weighted by atomic mass is 10.1. The summed E-state index contributed by atoms with van der Waals surface area (Å²) in [6.07, 6.45) is 5.08. The molecule has 0 saturated carbocycles. The average molecular weight is 358 g/mol. The van der Waals surface area contributed by atoms with E-state index < -0.39 is 0 Å². The minimum Gasteiger partial charge on any atom is -0.439 e. The maximum absolute atomic E-state index is 12.2. The standard InChI is InChI=1S/C23H22N2O2/c1-17-8-3-4-9-19(17)13-14-22(26)25-18(2)20-10-7-11-21(16-20)27-23-12-5-6-15-24-23/h3-16,18H,1-2H3,(H,25,26)/t18-/m0/s1. The second-order valence-electron chi connectivity index (χ2n) is 6.26. The van der Waals surface area contributed by atoms with Crippen molar-refractivity contribution in [1.29, 1.82) is 0 Å². The van der Waals surface area contributed by atoms with Gasteiger partial charge in [-0.05, 0) is 54.8 Å². The summed E-state index contributed by atoms with van der Waals surface area (Å²) in [6, 6.07) is 20.9. The van der Waals surface area contributed by atoms with Crippen LogP contribution in [0, 0.1) is 6.92 Å². The van der Waals surface area contributed by atoms with Gasteiger partial charge in [0.15, 0.2) is 0 Å². The number of aryl methyl sites for hydroxylation is 1. The zero-order valence-corrected chi connectivity index (χ0v) is 15.4. The van der Waals surface area contributed by atoms with Crippen LogP contribution in [-0.4, -0.2) is 10.9 Å². The molecule has 1 aromatic heterocycles. The minimum absolute atomic E-state index is 0.137. The van der Waals surface area contributed by atoms with Gasteiger partial charge in [0, 0.05) is 18.3 Å². The monoisotopic (exact) mass is 358 g/mol. The lowest BCUT2D eigenvalue weighted by molar-refractivity contribution is -0.117. The van der Waals surface area contributed by atoms with Crippen LogP contribution < -0.4 is 10.1 Å². The van der Waals surface area contributed by atoms with Gasteiger partial charge in [-0.25, -0.2) is 4.98 Å². The van der Waals surface area contributed by atoms with Gasteiger partial charge in [0.2, 0.25) is 11.8 Å². The van der Waals surface area contributed by atoms with E-state index in [1.165, 1.54) is 0 Å². The van der Waals surface area contributed by atoms with E-state index in [4.69, 9.17) is 4.74 Å². The number of aromatic nitrogens is 1. The van der Waals surface area contributed by atoms with Crippen LogP contribution >= 0.6 is 0 Å². The molecule has 1 amide bonds. The molecule has 2 aromatic carbocycles. The molecule has 0 spiro atoms. The molecule has 4 nitrogen and oxygen atoms in total. The van der Waals surface area contributed by atoms with Crippen LogP contribution in [0.5, 0.6) is 11.6 Å². The Balaban J connectivity index is 1.63. The average Bonchev–Trinajstić information content (AvgIpc) is 2.68. The SMILES string of the molecule is Cc1ccccc1C=CC(=O)N[C@@H](C)c1cccc(Oc2ccccn2)c1. The van der Waals surface area contributed by atoms with Crippen LogP contribution in [0.25, 0.3) is 6.08 Å². The van der Waals surface area contributed by atoms with E-state index in [9.17, 15) is 4.79 Å². The number of rotatable bonds is 6. The number of benzene rings is 2. The number of amides is 1. The van der Waals surface area contributed by atoms with Gasteiger partial charge < -0.3 is 10.1 Å². The fraction of sp³-hybridized carbons (Fsp3) is 0.130. The van der Waals surface area contributed by atoms with Crippen molar-refractivity contribution >= 4 is 12.0 Å². The molecule has 1 N–H and O–H groups in total. The van der Waals surface area contributed by atoms with Gasteiger partial charge in [-0.1, -0.05) is 42.5 Å². The summed E-state index contributed by atoms with van der Waals surface area (Å²) in [4.78, 5) is 16.4. The zero-order chi connectivity index (χ0) is 19.1. The predicted molar refractivity (Wildman–Crippen MR) is 108 cm³/mol. The van der Waals surface area contributed by atoms with Crippen LogP contribution in [-0.2, 0) is 4.79 Å². The molecule has 4 heteroatoms. The first-order chi connectivity index (χ1) is 13.1. The van der Waals surface area contributed by atoms with Crippen molar-refractivity contribution in [2.45, 2.75) is 19.9 Å². The molecule has 0 aliphatic rings. The Kier molecular flexibility index (Phi) is 6.00. The number of nitrogens with one attached hydrogen (secondary N) is 1. The number of ether oxygens (including phenoxy) is 1. The quantitative estimate of drug-likeness (QED) is 0.626. The molecule has 0 aliphatic carbocycles. The molecule has 3 rings (SSSR count). The fourth-order valence-electron chi connectivity index (χ4n) is 2.66. The number of carbonyl (C=O) groups is 1. The predicted octanol–water partition coefficient (Wildman–Crippen LogP) is 5.07. The first-order valence-electron chi connectivity index (χ1n) is 8.85. The molecule has 136 valence electrons. The van der Waals surface area contributed by atoms with E-state index in [1.54, 1.807) is 18.3 Å². The van der Waals surface area contributed by atoms with Gasteiger partial charge in [-0.3, -0.25) is 4.79 Å². The van der Waals surface area contributed by atoms with E-state index in [1.807, 2.05) is 80.6 Å². The van der Waals surface area contributed by atoms with Crippen molar-refractivity contribution in [2.75, 3.05) is 0 Å². The first kappa shape index (κ1) is 18.4. The van der Waals surface area contributed by atoms with Gasteiger partial charge in [0.25, 0.3) is 0 Å². The second-order valence-corrected chi connectivity index (χ2v) is 6.26. The molecule has 0 unspecified atom stereocenters. The second kappa shape index (κ2) is 8.81. The van der Waals surface area contributed by atoms with E-state index in [-0.39, 0.29) is 11.9 Å². The highest BCUT2D eigenvalue weighted by atomic mass is 16.5. The first-order valence-corrected chi connectivity index (χ1v) is 8.85. The minimum atomic E-state index is -0.147. The number of hydrogen-bond acceptors (Lipinski definition) is 3. The molecule has 0 bridgehead atoms. The lowest BCUT2D eigenvalue weighted by Crippen LogP contribution is -2.24. The Labute approximate surface area is 159 Å². The van der Waals surface area contributed by atoms with E-state index >= 15 is 0 Å². The highest BCUT2D eigenvalue weighted by Gasteiger charge is 2.09. The van der Waals surface area contributed by atoms with E-state index in [2.05, 4.69) is 10.3 Å². The Morgan fingerprint density at radius 2 is 1.89 bits per heavy atom. The molecule has 0 fully saturated rings. The normalized spacial score (nSPS) is 11.9. The molecule has 0 saturated heterocycles. The van der Waals surface area contributed by atoms with Crippen LogP contribution in [0.15, 0.2) is 79.0 Å². The maximum atomic E-state index is 12.2. The lowest BCUT2D eigenvalue weighted by Gasteiger charge is -2.14. The summed E-state index contributed by atoms with van der Waals surface area (Å²) in [5.74, 6) is 1.08. The summed E-state index contributed by atoms with van der Waals surface area (Å²) in [5, 5.41) is 2.98. The third kappa shape index (κ3) is 5.28. The van der Waals surface area contributed by atoms with Crippen LogP contribution in [0.4, 0.5) is 0 Å². The molecule has 0 radical (unpaired) electrons. The van der Waals surface area contributed by atoms with Crippen molar-refractivity contribution in [3.63, 3.8) is 0 Å². The zero-order valence-electron chi connectivity index (χ0n) is 15.4. The van der Waals surface area contributed by atoms with Crippen LogP contribution in [0.2, 0.25) is 0 Å². The molecular formula is C23H22N2O2. The van der Waals surface area contributed by atoms with E-state index in [0.717, 1.165) is 16.7 Å². The largest absolute Gasteiger partial charge is 0.439 e. The Morgan fingerprint density at radius 1 is 1.07 bits per heavy atom. The van der Waals surface area contributed by atoms with Crippen molar-refractivity contribution in [3.8, 4) is 11.6 Å². The topological polar surface area (TPSA) is 51.2 Å². The van der Waals surface area contributed by atoms with E-state index in [0.29, 0.717) is 11.6 Å². The Morgan fingerprint density at radius 3 is 2.67 bits per heavy atom. The van der Waals surface area contributed by atoms with Crippen LogP contribution in [0.3, 0.4) is 0 Å². The number of carbonyl (C=O) groups excluding carboxylic acids is 1. The summed E-state index contributed by atoms with van der Waals surface area (Å²) in [7, 11) is 0. The van der Waals surface area contributed by atoms with Gasteiger partial charge in [0.05, 0.1) is 6.04 Å². The highest BCUT2D eigenvalue weighted by Crippen LogP contribution is 2.23. The fourth-order valence-corrected chi connectivity index (χ4v) is 2.66. The molecule has 1 atom stereocenters. The Hall–Kier alpha value is -3.40. The maximum Gasteiger partial charge on any atom is 0.244 e. The summed E-state index contributed by atoms with van der Waals surface area (Å²) >= 11 is 0. The van der Waals surface area contributed by atoms with Gasteiger partial charge >= 0.3 is 0 Å². The number of pyridine rings is 1. The highest BCUT2D eigenvalue weighted by molar-refractivity contribution is 5.92. The van der Waals surface area contributed by atoms with Gasteiger partial charge in [-0.2, -0.15) is 0 Å². The smallest absolute Gasteiger partial charge is 0.244 e. The van der Waals surface area contributed by atoms with Gasteiger partial charge in [-0.15, -0.1) is 0 Å². The van der Waals surface area contributed by atoms with Gasteiger partial charge in [0.1, 0.15) is 5.75 Å². The molecule has 0 aliphatic heterocycles. The third-order valence-electron chi connectivity index (χ3n) is 4.18. The third-order valence-corrected chi connectivity index (χ3v) is 4.18.